The molecule has 0 aromatic heterocycles. The van der Waals surface area contributed by atoms with Gasteiger partial charge in [0.2, 0.25) is 11.8 Å². The number of carbonyl (C=O) groups excluding carboxylic acids is 2. The number of carbonyl (C=O) groups is 2. The van der Waals surface area contributed by atoms with Crippen LogP contribution in [0.5, 0.6) is 0 Å². The Labute approximate surface area is 125 Å². The lowest BCUT2D eigenvalue weighted by molar-refractivity contribution is -0.144. The largest absolute Gasteiger partial charge is 0.392 e. The van der Waals surface area contributed by atoms with E-state index in [9.17, 15) is 9.59 Å². The van der Waals surface area contributed by atoms with Crippen molar-refractivity contribution in [1.29, 1.82) is 0 Å². The third-order valence-corrected chi connectivity index (χ3v) is 5.26. The van der Waals surface area contributed by atoms with Gasteiger partial charge in [-0.15, -0.1) is 0 Å². The second-order valence-corrected chi connectivity index (χ2v) is 6.12. The Hall–Kier alpha value is -1.17. The van der Waals surface area contributed by atoms with E-state index in [2.05, 4.69) is 0 Å². The average Bonchev–Trinajstić information content (AvgIpc) is 2.81. The normalized spacial score (nSPS) is 22.9. The van der Waals surface area contributed by atoms with Crippen molar-refractivity contribution in [1.82, 2.24) is 9.80 Å². The molecule has 2 heterocycles. The molecule has 2 aliphatic rings. The minimum absolute atomic E-state index is 0.0361. The Morgan fingerprint density at radius 3 is 2.60 bits per heavy atom. The van der Waals surface area contributed by atoms with Gasteiger partial charge in [-0.3, -0.25) is 9.59 Å². The van der Waals surface area contributed by atoms with Crippen molar-refractivity contribution in [3.63, 3.8) is 0 Å². The molecule has 0 aromatic rings. The zero-order valence-corrected chi connectivity index (χ0v) is 13.0. The van der Waals surface area contributed by atoms with E-state index < -0.39 is 5.41 Å². The molecule has 2 amide bonds. The highest BCUT2D eigenvalue weighted by Gasteiger charge is 2.44. The van der Waals surface area contributed by atoms with Gasteiger partial charge in [0.05, 0.1) is 10.4 Å². The average molecular weight is 297 g/mol. The first-order valence-electron chi connectivity index (χ1n) is 7.35. The summed E-state index contributed by atoms with van der Waals surface area (Å²) in [6.07, 6.45) is 2.71. The molecule has 0 bridgehead atoms. The third kappa shape index (κ3) is 2.30. The molecule has 0 aliphatic carbocycles. The summed E-state index contributed by atoms with van der Waals surface area (Å²) in [4.78, 5) is 28.6. The number of nitrogens with two attached hydrogens (primary N) is 1. The second-order valence-electron chi connectivity index (χ2n) is 5.68. The van der Waals surface area contributed by atoms with Crippen molar-refractivity contribution < 1.29 is 9.59 Å². The molecule has 2 aliphatic heterocycles. The fourth-order valence-electron chi connectivity index (χ4n) is 3.36. The summed E-state index contributed by atoms with van der Waals surface area (Å²) in [6, 6.07) is 0.179. The smallest absolute Gasteiger partial charge is 0.235 e. The van der Waals surface area contributed by atoms with Gasteiger partial charge in [-0.25, -0.2) is 0 Å². The van der Waals surface area contributed by atoms with Crippen LogP contribution >= 0.6 is 12.2 Å². The van der Waals surface area contributed by atoms with E-state index in [0.717, 1.165) is 6.42 Å². The SMILES string of the molecule is CCC(CC)(C(=O)N1CCN2C(=O)CCC2C1)C(N)=S. The highest BCUT2D eigenvalue weighted by atomic mass is 32.1. The molecule has 112 valence electrons. The molecule has 5 nitrogen and oxygen atoms in total. The van der Waals surface area contributed by atoms with E-state index in [1.807, 2.05) is 23.6 Å². The van der Waals surface area contributed by atoms with Crippen molar-refractivity contribution in [2.75, 3.05) is 19.6 Å². The number of amides is 2. The minimum Gasteiger partial charge on any atom is -0.392 e. The summed E-state index contributed by atoms with van der Waals surface area (Å²) >= 11 is 5.15. The lowest BCUT2D eigenvalue weighted by atomic mass is 9.80. The molecule has 2 N–H and O–H groups in total. The molecule has 0 spiro atoms. The minimum atomic E-state index is -0.722. The summed E-state index contributed by atoms with van der Waals surface area (Å²) in [5.41, 5.74) is 5.13. The van der Waals surface area contributed by atoms with Crippen molar-refractivity contribution in [3.8, 4) is 0 Å². The number of rotatable bonds is 4. The van der Waals surface area contributed by atoms with Gasteiger partial charge in [0, 0.05) is 32.1 Å². The van der Waals surface area contributed by atoms with Crippen molar-refractivity contribution in [3.05, 3.63) is 0 Å². The fraction of sp³-hybridized carbons (Fsp3) is 0.786. The van der Waals surface area contributed by atoms with Crippen LogP contribution in [0.1, 0.15) is 39.5 Å². The van der Waals surface area contributed by atoms with Crippen LogP contribution in [0.25, 0.3) is 0 Å². The summed E-state index contributed by atoms with van der Waals surface area (Å²) in [5.74, 6) is 0.252. The summed E-state index contributed by atoms with van der Waals surface area (Å²) in [5, 5.41) is 0. The third-order valence-electron chi connectivity index (χ3n) is 4.87. The molecule has 1 atom stereocenters. The van der Waals surface area contributed by atoms with Gasteiger partial charge >= 0.3 is 0 Å². The molecule has 1 unspecified atom stereocenters. The van der Waals surface area contributed by atoms with Gasteiger partial charge in [-0.1, -0.05) is 26.1 Å². The van der Waals surface area contributed by atoms with Gasteiger partial charge in [-0.2, -0.15) is 0 Å². The molecule has 2 fully saturated rings. The van der Waals surface area contributed by atoms with Crippen molar-refractivity contribution >= 4 is 29.0 Å². The van der Waals surface area contributed by atoms with Crippen LogP contribution < -0.4 is 5.73 Å². The van der Waals surface area contributed by atoms with Crippen LogP contribution in [-0.4, -0.2) is 52.3 Å². The van der Waals surface area contributed by atoms with E-state index in [1.165, 1.54) is 0 Å². The number of thiocarbonyl (C=S) groups is 1. The highest BCUT2D eigenvalue weighted by Crippen LogP contribution is 2.32. The lowest BCUT2D eigenvalue weighted by Gasteiger charge is -2.42. The van der Waals surface area contributed by atoms with E-state index in [-0.39, 0.29) is 22.8 Å². The van der Waals surface area contributed by atoms with Gasteiger partial charge in [0.15, 0.2) is 0 Å². The van der Waals surface area contributed by atoms with Gasteiger partial charge in [0.1, 0.15) is 0 Å². The molecule has 2 saturated heterocycles. The maximum absolute atomic E-state index is 12.8. The standard InChI is InChI=1S/C14H23N3O2S/c1-3-14(4-2,12(15)20)13(19)16-7-8-17-10(9-16)5-6-11(17)18/h10H,3-9H2,1-2H3,(H2,15,20). The van der Waals surface area contributed by atoms with Crippen molar-refractivity contribution in [2.45, 2.75) is 45.6 Å². The number of fused-ring (bicyclic) bond motifs is 1. The number of nitrogens with zero attached hydrogens (tertiary/aromatic N) is 2. The summed E-state index contributed by atoms with van der Waals surface area (Å²) < 4.78 is 0. The monoisotopic (exact) mass is 297 g/mol. The fourth-order valence-corrected chi connectivity index (χ4v) is 3.73. The molecule has 0 saturated carbocycles. The first-order chi connectivity index (χ1) is 9.46. The summed E-state index contributed by atoms with van der Waals surface area (Å²) in [6.45, 7) is 5.75. The van der Waals surface area contributed by atoms with Gasteiger partial charge < -0.3 is 15.5 Å². The number of piperazine rings is 1. The quantitative estimate of drug-likeness (QED) is 0.783. The van der Waals surface area contributed by atoms with Gasteiger partial charge in [0.25, 0.3) is 0 Å². The Morgan fingerprint density at radius 2 is 2.05 bits per heavy atom. The van der Waals surface area contributed by atoms with E-state index in [1.54, 1.807) is 0 Å². The van der Waals surface area contributed by atoms with Crippen LogP contribution in [0.15, 0.2) is 0 Å². The van der Waals surface area contributed by atoms with Crippen LogP contribution in [0, 0.1) is 5.41 Å². The molecule has 0 radical (unpaired) electrons. The zero-order chi connectivity index (χ0) is 14.9. The predicted octanol–water partition coefficient (Wildman–Crippen LogP) is 0.912. The summed E-state index contributed by atoms with van der Waals surface area (Å²) in [7, 11) is 0. The van der Waals surface area contributed by atoms with Crippen LogP contribution in [0.3, 0.4) is 0 Å². The first-order valence-corrected chi connectivity index (χ1v) is 7.75. The van der Waals surface area contributed by atoms with Crippen LogP contribution in [-0.2, 0) is 9.59 Å². The highest BCUT2D eigenvalue weighted by molar-refractivity contribution is 7.80. The van der Waals surface area contributed by atoms with Crippen LogP contribution in [0.4, 0.5) is 0 Å². The molecule has 20 heavy (non-hydrogen) atoms. The Kier molecular flexibility index (Phi) is 4.32. The Morgan fingerprint density at radius 1 is 1.40 bits per heavy atom. The van der Waals surface area contributed by atoms with E-state index in [0.29, 0.717) is 38.9 Å². The Bertz CT molecular complexity index is 434. The molecule has 0 aromatic carbocycles. The lowest BCUT2D eigenvalue weighted by Crippen LogP contribution is -2.58. The topological polar surface area (TPSA) is 66.6 Å². The number of hydrogen-bond acceptors (Lipinski definition) is 3. The van der Waals surface area contributed by atoms with Crippen molar-refractivity contribution in [2.24, 2.45) is 11.1 Å². The van der Waals surface area contributed by atoms with Gasteiger partial charge in [-0.05, 0) is 19.3 Å². The molecular weight excluding hydrogens is 274 g/mol. The number of hydrogen-bond donors (Lipinski definition) is 1. The first kappa shape index (κ1) is 15.2. The van der Waals surface area contributed by atoms with E-state index >= 15 is 0 Å². The molecule has 6 heteroatoms. The second kappa shape index (κ2) is 5.68. The maximum atomic E-state index is 12.8. The predicted molar refractivity (Wildman–Crippen MR) is 81.1 cm³/mol. The van der Waals surface area contributed by atoms with Crippen LogP contribution in [0.2, 0.25) is 0 Å². The zero-order valence-electron chi connectivity index (χ0n) is 12.2. The Balaban J connectivity index is 2.14. The maximum Gasteiger partial charge on any atom is 0.235 e. The van der Waals surface area contributed by atoms with E-state index in [4.69, 9.17) is 18.0 Å². The molecule has 2 rings (SSSR count). The molecular formula is C14H23N3O2S.